The summed E-state index contributed by atoms with van der Waals surface area (Å²) < 4.78 is 68.4. The number of ether oxygens (including phenoxy) is 1. The number of aromatic nitrogens is 1. The second-order valence-corrected chi connectivity index (χ2v) is 9.06. The molecule has 1 aromatic carbocycles. The zero-order valence-corrected chi connectivity index (χ0v) is 16.7. The molecule has 0 aliphatic rings. The summed E-state index contributed by atoms with van der Waals surface area (Å²) >= 11 is 0. The summed E-state index contributed by atoms with van der Waals surface area (Å²) in [6.07, 6.45) is -3.20. The fourth-order valence-electron chi connectivity index (χ4n) is 2.65. The lowest BCUT2D eigenvalue weighted by Gasteiger charge is -2.29. The number of benzene rings is 1. The lowest BCUT2D eigenvalue weighted by molar-refractivity contribution is -0.137. The molecule has 0 bridgehead atoms. The van der Waals surface area contributed by atoms with Crippen molar-refractivity contribution in [1.82, 2.24) is 4.98 Å². The van der Waals surface area contributed by atoms with Gasteiger partial charge in [-0.25, -0.2) is 13.4 Å². The van der Waals surface area contributed by atoms with Gasteiger partial charge in [-0.3, -0.25) is 0 Å². The van der Waals surface area contributed by atoms with Crippen LogP contribution in [0, 0.1) is 0 Å². The Bertz CT molecular complexity index is 933. The van der Waals surface area contributed by atoms with Crippen LogP contribution in [0.1, 0.15) is 32.8 Å². The molecule has 154 valence electrons. The van der Waals surface area contributed by atoms with Crippen LogP contribution in [0.3, 0.4) is 0 Å². The van der Waals surface area contributed by atoms with Gasteiger partial charge >= 0.3 is 6.18 Å². The second kappa shape index (κ2) is 7.71. The molecule has 0 spiro atoms. The zero-order valence-electron chi connectivity index (χ0n) is 15.9. The highest BCUT2D eigenvalue weighted by atomic mass is 32.2. The molecule has 9 heteroatoms. The highest BCUT2D eigenvalue weighted by molar-refractivity contribution is 7.90. The van der Waals surface area contributed by atoms with E-state index in [1.807, 2.05) is 0 Å². The van der Waals surface area contributed by atoms with Gasteiger partial charge in [-0.1, -0.05) is 19.1 Å². The Kier molecular flexibility index (Phi) is 6.10. The number of aliphatic hydroxyl groups is 1. The molecule has 1 atom stereocenters. The standard InChI is InChI=1S/C19H22F3NO4S/c1-5-16(18(2,3)24)27-17-15(10-13(11-23-17)19(20,21)22)12-6-8-14(9-7-12)28(4,25)26/h6-11,16,24H,5H2,1-4H3. The average Bonchev–Trinajstić information content (AvgIpc) is 2.57. The first-order chi connectivity index (χ1) is 12.7. The molecule has 1 aromatic heterocycles. The van der Waals surface area contributed by atoms with E-state index in [1.165, 1.54) is 38.1 Å². The van der Waals surface area contributed by atoms with E-state index in [1.54, 1.807) is 6.92 Å². The summed E-state index contributed by atoms with van der Waals surface area (Å²) in [6.45, 7) is 4.84. The molecule has 2 rings (SSSR count). The van der Waals surface area contributed by atoms with Gasteiger partial charge in [-0.15, -0.1) is 0 Å². The summed E-state index contributed by atoms with van der Waals surface area (Å²) in [5.41, 5.74) is -1.83. The maximum Gasteiger partial charge on any atom is 0.417 e. The van der Waals surface area contributed by atoms with Crippen LogP contribution in [-0.4, -0.2) is 36.5 Å². The van der Waals surface area contributed by atoms with Crippen molar-refractivity contribution in [1.29, 1.82) is 0 Å². The third-order valence-corrected chi connectivity index (χ3v) is 5.31. The summed E-state index contributed by atoms with van der Waals surface area (Å²) in [7, 11) is -3.45. The number of sulfone groups is 1. The molecular formula is C19H22F3NO4S. The fraction of sp³-hybridized carbons (Fsp3) is 0.421. The Morgan fingerprint density at radius 2 is 1.75 bits per heavy atom. The van der Waals surface area contributed by atoms with Gasteiger partial charge in [-0.05, 0) is 44.0 Å². The fourth-order valence-corrected chi connectivity index (χ4v) is 3.28. The van der Waals surface area contributed by atoms with Crippen molar-refractivity contribution in [2.75, 3.05) is 6.26 Å². The van der Waals surface area contributed by atoms with Gasteiger partial charge in [0.2, 0.25) is 5.88 Å². The van der Waals surface area contributed by atoms with E-state index in [9.17, 15) is 26.7 Å². The number of hydrogen-bond donors (Lipinski definition) is 1. The average molecular weight is 417 g/mol. The maximum absolute atomic E-state index is 13.2. The lowest BCUT2D eigenvalue weighted by atomic mass is 9.99. The van der Waals surface area contributed by atoms with Crippen molar-refractivity contribution < 1.29 is 31.4 Å². The number of halogens is 3. The molecule has 0 fully saturated rings. The first-order valence-corrected chi connectivity index (χ1v) is 10.4. The Hall–Kier alpha value is -2.13. The predicted octanol–water partition coefficient (Wildman–Crippen LogP) is 4.10. The van der Waals surface area contributed by atoms with Gasteiger partial charge in [0, 0.05) is 18.0 Å². The minimum Gasteiger partial charge on any atom is -0.471 e. The van der Waals surface area contributed by atoms with Gasteiger partial charge in [0.25, 0.3) is 0 Å². The number of alkyl halides is 3. The molecule has 2 aromatic rings. The van der Waals surface area contributed by atoms with Gasteiger partial charge in [0.1, 0.15) is 6.10 Å². The van der Waals surface area contributed by atoms with Gasteiger partial charge in [0.15, 0.2) is 9.84 Å². The van der Waals surface area contributed by atoms with Gasteiger partial charge in [0.05, 0.1) is 16.1 Å². The van der Waals surface area contributed by atoms with Crippen molar-refractivity contribution >= 4 is 9.84 Å². The first-order valence-electron chi connectivity index (χ1n) is 8.50. The summed E-state index contributed by atoms with van der Waals surface area (Å²) in [4.78, 5) is 3.87. The summed E-state index contributed by atoms with van der Waals surface area (Å²) in [6, 6.07) is 6.30. The van der Waals surface area contributed by atoms with Crippen molar-refractivity contribution in [3.63, 3.8) is 0 Å². The molecule has 0 amide bonds. The van der Waals surface area contributed by atoms with E-state index in [0.29, 0.717) is 18.2 Å². The van der Waals surface area contributed by atoms with Crippen molar-refractivity contribution in [3.8, 4) is 17.0 Å². The smallest absolute Gasteiger partial charge is 0.417 e. The molecule has 0 saturated heterocycles. The van der Waals surface area contributed by atoms with Crippen molar-refractivity contribution in [2.24, 2.45) is 0 Å². The van der Waals surface area contributed by atoms with E-state index in [2.05, 4.69) is 4.98 Å². The second-order valence-electron chi connectivity index (χ2n) is 7.04. The zero-order chi connectivity index (χ0) is 21.3. The summed E-state index contributed by atoms with van der Waals surface area (Å²) in [5.74, 6) is -0.0749. The largest absolute Gasteiger partial charge is 0.471 e. The third-order valence-electron chi connectivity index (χ3n) is 4.18. The van der Waals surface area contributed by atoms with Crippen LogP contribution >= 0.6 is 0 Å². The van der Waals surface area contributed by atoms with E-state index in [4.69, 9.17) is 4.74 Å². The normalized spacial score (nSPS) is 14.0. The highest BCUT2D eigenvalue weighted by Crippen LogP contribution is 2.37. The van der Waals surface area contributed by atoms with Gasteiger partial charge < -0.3 is 9.84 Å². The minimum atomic E-state index is -4.60. The van der Waals surface area contributed by atoms with Crippen molar-refractivity contribution in [3.05, 3.63) is 42.1 Å². The summed E-state index contributed by atoms with van der Waals surface area (Å²) in [5, 5.41) is 10.2. The molecule has 0 radical (unpaired) electrons. The molecule has 0 saturated carbocycles. The van der Waals surface area contributed by atoms with Crippen LogP contribution in [-0.2, 0) is 16.0 Å². The first kappa shape index (κ1) is 22.2. The Balaban J connectivity index is 2.58. The number of nitrogens with zero attached hydrogens (tertiary/aromatic N) is 1. The molecule has 28 heavy (non-hydrogen) atoms. The topological polar surface area (TPSA) is 76.5 Å². The van der Waals surface area contributed by atoms with Gasteiger partial charge in [-0.2, -0.15) is 13.2 Å². The van der Waals surface area contributed by atoms with Crippen LogP contribution in [0.15, 0.2) is 41.4 Å². The van der Waals surface area contributed by atoms with Crippen LogP contribution < -0.4 is 4.74 Å². The number of rotatable bonds is 6. The van der Waals surface area contributed by atoms with Crippen LogP contribution in [0.2, 0.25) is 0 Å². The van der Waals surface area contributed by atoms with Crippen molar-refractivity contribution in [2.45, 2.75) is 50.0 Å². The SMILES string of the molecule is CCC(Oc1ncc(C(F)(F)F)cc1-c1ccc(S(C)(=O)=O)cc1)C(C)(C)O. The molecule has 1 heterocycles. The molecule has 5 nitrogen and oxygen atoms in total. The maximum atomic E-state index is 13.2. The van der Waals surface area contributed by atoms with Crippen LogP contribution in [0.25, 0.3) is 11.1 Å². The molecule has 0 aliphatic carbocycles. The van der Waals surface area contributed by atoms with Crippen LogP contribution in [0.4, 0.5) is 13.2 Å². The number of hydrogen-bond acceptors (Lipinski definition) is 5. The van der Waals surface area contributed by atoms with E-state index < -0.39 is 33.3 Å². The predicted molar refractivity (Wildman–Crippen MR) is 98.8 cm³/mol. The Morgan fingerprint density at radius 1 is 1.18 bits per heavy atom. The highest BCUT2D eigenvalue weighted by Gasteiger charge is 2.33. The minimum absolute atomic E-state index is 0.0431. The quantitative estimate of drug-likeness (QED) is 0.766. The molecular weight excluding hydrogens is 395 g/mol. The molecule has 1 unspecified atom stereocenters. The lowest BCUT2D eigenvalue weighted by Crippen LogP contribution is -2.40. The van der Waals surface area contributed by atoms with E-state index in [-0.39, 0.29) is 16.3 Å². The number of pyridine rings is 1. The Morgan fingerprint density at radius 3 is 2.18 bits per heavy atom. The molecule has 0 aliphatic heterocycles. The molecule has 1 N–H and O–H groups in total. The van der Waals surface area contributed by atoms with Crippen LogP contribution in [0.5, 0.6) is 5.88 Å². The third kappa shape index (κ3) is 5.23. The van der Waals surface area contributed by atoms with E-state index in [0.717, 1.165) is 12.3 Å². The Labute approximate surface area is 162 Å². The van der Waals surface area contributed by atoms with E-state index >= 15 is 0 Å². The monoisotopic (exact) mass is 417 g/mol.